The lowest BCUT2D eigenvalue weighted by Gasteiger charge is -2.09. The van der Waals surface area contributed by atoms with Crippen LogP contribution in [0.4, 0.5) is 5.69 Å². The van der Waals surface area contributed by atoms with E-state index in [4.69, 9.17) is 9.84 Å². The number of carbonyl (C=O) groups excluding carboxylic acids is 1. The maximum Gasteiger partial charge on any atom is 0.303 e. The van der Waals surface area contributed by atoms with Crippen molar-refractivity contribution in [3.63, 3.8) is 0 Å². The molecule has 0 amide bonds. The van der Waals surface area contributed by atoms with E-state index in [0.29, 0.717) is 43.5 Å². The first-order valence-electron chi connectivity index (χ1n) is 6.54. The van der Waals surface area contributed by atoms with Crippen LogP contribution in [0.15, 0.2) is 12.1 Å². The Morgan fingerprint density at radius 3 is 2.59 bits per heavy atom. The summed E-state index contributed by atoms with van der Waals surface area (Å²) in [4.78, 5) is 31.4. The molecule has 0 saturated carbocycles. The van der Waals surface area contributed by atoms with E-state index in [0.717, 1.165) is 0 Å². The zero-order chi connectivity index (χ0) is 15.8. The van der Waals surface area contributed by atoms with Crippen LogP contribution in [0.25, 0.3) is 0 Å². The van der Waals surface area contributed by atoms with Crippen molar-refractivity contribution in [3.05, 3.63) is 33.4 Å². The van der Waals surface area contributed by atoms with Crippen LogP contribution >= 0.6 is 12.4 Å². The molecule has 0 spiro atoms. The van der Waals surface area contributed by atoms with Gasteiger partial charge in [0.2, 0.25) is 0 Å². The number of unbranched alkanes of at least 4 members (excludes halogenated alkanes) is 2. The Labute approximate surface area is 133 Å². The van der Waals surface area contributed by atoms with Gasteiger partial charge in [-0.1, -0.05) is 0 Å². The molecular formula is C14H18ClNO6. The standard InChI is InChI=1S/C14H17NO6.ClH/c1-10-7-11(9-16)12(15(19)20)8-13(10)21-6-4-2-3-5-14(17)18;/h7-9H,2-6H2,1H3,(H,17,18);1H. The number of aldehydes is 1. The fourth-order valence-corrected chi connectivity index (χ4v) is 1.84. The molecule has 0 radical (unpaired) electrons. The Hall–Kier alpha value is -2.15. The van der Waals surface area contributed by atoms with Crippen LogP contribution in [0, 0.1) is 17.0 Å². The SMILES string of the molecule is Cc1cc(C=O)c([N+](=O)[O-])cc1OCCCCCC(=O)O.Cl. The molecule has 1 N–H and O–H groups in total. The monoisotopic (exact) mass is 331 g/mol. The largest absolute Gasteiger partial charge is 0.493 e. The van der Waals surface area contributed by atoms with Crippen LogP contribution in [0.1, 0.15) is 41.6 Å². The minimum Gasteiger partial charge on any atom is -0.493 e. The molecular weight excluding hydrogens is 314 g/mol. The van der Waals surface area contributed by atoms with Crippen molar-refractivity contribution in [2.24, 2.45) is 0 Å². The molecule has 1 aromatic carbocycles. The number of hydrogen-bond donors (Lipinski definition) is 1. The molecule has 1 rings (SSSR count). The zero-order valence-electron chi connectivity index (χ0n) is 12.1. The molecule has 0 atom stereocenters. The third-order valence-electron chi connectivity index (χ3n) is 2.94. The maximum atomic E-state index is 10.9. The Balaban J connectivity index is 0.00000441. The molecule has 122 valence electrons. The van der Waals surface area contributed by atoms with Gasteiger partial charge in [0.15, 0.2) is 6.29 Å². The quantitative estimate of drug-likeness (QED) is 0.322. The fraction of sp³-hybridized carbons (Fsp3) is 0.429. The molecule has 0 aromatic heterocycles. The number of aryl methyl sites for hydroxylation is 1. The van der Waals surface area contributed by atoms with E-state index in [1.165, 1.54) is 12.1 Å². The molecule has 0 aliphatic rings. The second kappa shape index (κ2) is 9.73. The van der Waals surface area contributed by atoms with Crippen molar-refractivity contribution in [1.29, 1.82) is 0 Å². The van der Waals surface area contributed by atoms with Crippen molar-refractivity contribution in [3.8, 4) is 5.75 Å². The Morgan fingerprint density at radius 2 is 2.05 bits per heavy atom. The number of carbonyl (C=O) groups is 2. The Bertz CT molecular complexity index is 546. The lowest BCUT2D eigenvalue weighted by molar-refractivity contribution is -0.385. The van der Waals surface area contributed by atoms with Gasteiger partial charge in [-0.2, -0.15) is 0 Å². The minimum absolute atomic E-state index is 0. The lowest BCUT2D eigenvalue weighted by atomic mass is 10.1. The van der Waals surface area contributed by atoms with Crippen molar-refractivity contribution in [2.75, 3.05) is 6.61 Å². The van der Waals surface area contributed by atoms with E-state index in [1.54, 1.807) is 6.92 Å². The molecule has 0 aliphatic heterocycles. The second-order valence-corrected chi connectivity index (χ2v) is 4.60. The van der Waals surface area contributed by atoms with Crippen LogP contribution < -0.4 is 4.74 Å². The maximum absolute atomic E-state index is 10.9. The number of ether oxygens (including phenoxy) is 1. The van der Waals surface area contributed by atoms with Crippen LogP contribution in [-0.2, 0) is 4.79 Å². The van der Waals surface area contributed by atoms with Gasteiger partial charge in [0.1, 0.15) is 5.75 Å². The third-order valence-corrected chi connectivity index (χ3v) is 2.94. The van der Waals surface area contributed by atoms with E-state index in [-0.39, 0.29) is 30.1 Å². The molecule has 0 fully saturated rings. The third kappa shape index (κ3) is 6.09. The first-order valence-corrected chi connectivity index (χ1v) is 6.54. The summed E-state index contributed by atoms with van der Waals surface area (Å²) in [7, 11) is 0. The number of aliphatic carboxylic acids is 1. The van der Waals surface area contributed by atoms with Crippen LogP contribution in [-0.4, -0.2) is 28.9 Å². The molecule has 7 nitrogen and oxygen atoms in total. The summed E-state index contributed by atoms with van der Waals surface area (Å²) in [6.07, 6.45) is 2.51. The van der Waals surface area contributed by atoms with Gasteiger partial charge < -0.3 is 9.84 Å². The summed E-state index contributed by atoms with van der Waals surface area (Å²) in [5.41, 5.74) is 0.385. The smallest absolute Gasteiger partial charge is 0.303 e. The summed E-state index contributed by atoms with van der Waals surface area (Å²) in [6, 6.07) is 2.67. The molecule has 0 saturated heterocycles. The molecule has 8 heteroatoms. The van der Waals surface area contributed by atoms with Gasteiger partial charge in [0, 0.05) is 6.42 Å². The number of carboxylic acids is 1. The predicted molar refractivity (Wildman–Crippen MR) is 82.1 cm³/mol. The zero-order valence-corrected chi connectivity index (χ0v) is 12.9. The number of hydrogen-bond acceptors (Lipinski definition) is 5. The molecule has 22 heavy (non-hydrogen) atoms. The van der Waals surface area contributed by atoms with E-state index >= 15 is 0 Å². The first kappa shape index (κ1) is 19.9. The highest BCUT2D eigenvalue weighted by atomic mass is 35.5. The molecule has 0 heterocycles. The molecule has 0 bridgehead atoms. The number of halogens is 1. The van der Waals surface area contributed by atoms with Crippen molar-refractivity contribution >= 4 is 30.3 Å². The number of rotatable bonds is 9. The Morgan fingerprint density at radius 1 is 1.36 bits per heavy atom. The fourth-order valence-electron chi connectivity index (χ4n) is 1.84. The van der Waals surface area contributed by atoms with E-state index < -0.39 is 10.9 Å². The average Bonchev–Trinajstić information content (AvgIpc) is 2.42. The normalized spacial score (nSPS) is 9.68. The van der Waals surface area contributed by atoms with Crippen molar-refractivity contribution in [1.82, 2.24) is 0 Å². The molecule has 0 aliphatic carbocycles. The van der Waals surface area contributed by atoms with Gasteiger partial charge in [0.25, 0.3) is 5.69 Å². The van der Waals surface area contributed by atoms with Gasteiger partial charge >= 0.3 is 5.97 Å². The highest BCUT2D eigenvalue weighted by molar-refractivity contribution is 5.85. The molecule has 1 aromatic rings. The van der Waals surface area contributed by atoms with Crippen molar-refractivity contribution < 1.29 is 24.4 Å². The van der Waals surface area contributed by atoms with Crippen LogP contribution in [0.2, 0.25) is 0 Å². The van der Waals surface area contributed by atoms with Gasteiger partial charge in [-0.05, 0) is 37.8 Å². The van der Waals surface area contributed by atoms with Crippen LogP contribution in [0.5, 0.6) is 5.75 Å². The summed E-state index contributed by atoms with van der Waals surface area (Å²) in [6.45, 7) is 2.05. The topological polar surface area (TPSA) is 107 Å². The first-order chi connectivity index (χ1) is 9.95. The predicted octanol–water partition coefficient (Wildman–Crippen LogP) is 3.16. The van der Waals surface area contributed by atoms with Gasteiger partial charge in [-0.15, -0.1) is 12.4 Å². The number of carboxylic acid groups (broad SMARTS) is 1. The van der Waals surface area contributed by atoms with Crippen molar-refractivity contribution in [2.45, 2.75) is 32.6 Å². The average molecular weight is 332 g/mol. The second-order valence-electron chi connectivity index (χ2n) is 4.60. The minimum atomic E-state index is -0.827. The Kier molecular flexibility index (Phi) is 8.78. The highest BCUT2D eigenvalue weighted by Gasteiger charge is 2.16. The molecule has 0 unspecified atom stereocenters. The van der Waals surface area contributed by atoms with E-state index in [2.05, 4.69) is 0 Å². The van der Waals surface area contributed by atoms with Gasteiger partial charge in [0.05, 0.1) is 23.2 Å². The van der Waals surface area contributed by atoms with Gasteiger partial charge in [-0.25, -0.2) is 0 Å². The van der Waals surface area contributed by atoms with Crippen LogP contribution in [0.3, 0.4) is 0 Å². The lowest BCUT2D eigenvalue weighted by Crippen LogP contribution is -2.02. The number of nitro groups is 1. The summed E-state index contributed by atoms with van der Waals surface area (Å²) in [5.74, 6) is -0.461. The number of nitrogens with zero attached hydrogens (tertiary/aromatic N) is 1. The van der Waals surface area contributed by atoms with Gasteiger partial charge in [-0.3, -0.25) is 19.7 Å². The summed E-state index contributed by atoms with van der Waals surface area (Å²) >= 11 is 0. The summed E-state index contributed by atoms with van der Waals surface area (Å²) in [5, 5.41) is 19.4. The van der Waals surface area contributed by atoms with E-state index in [1.807, 2.05) is 0 Å². The summed E-state index contributed by atoms with van der Waals surface area (Å²) < 4.78 is 5.47. The number of nitro benzene ring substituents is 1. The highest BCUT2D eigenvalue weighted by Crippen LogP contribution is 2.27. The van der Waals surface area contributed by atoms with E-state index in [9.17, 15) is 19.7 Å². The number of benzene rings is 1.